The number of aromatic nitrogens is 1. The van der Waals surface area contributed by atoms with Crippen LogP contribution >= 0.6 is 11.3 Å². The van der Waals surface area contributed by atoms with Gasteiger partial charge >= 0.3 is 0 Å². The van der Waals surface area contributed by atoms with Crippen LogP contribution in [0.1, 0.15) is 20.3 Å². The highest BCUT2D eigenvalue weighted by atomic mass is 32.1. The summed E-state index contributed by atoms with van der Waals surface area (Å²) in [5, 5.41) is 4.01. The molecule has 6 heteroatoms. The van der Waals surface area contributed by atoms with Crippen LogP contribution in [0.4, 0.5) is 10.8 Å². The summed E-state index contributed by atoms with van der Waals surface area (Å²) in [5.41, 5.74) is 1.82. The van der Waals surface area contributed by atoms with Crippen molar-refractivity contribution < 1.29 is 9.53 Å². The van der Waals surface area contributed by atoms with Crippen molar-refractivity contribution in [1.29, 1.82) is 0 Å². The van der Waals surface area contributed by atoms with Gasteiger partial charge < -0.3 is 15.0 Å². The molecule has 0 saturated carbocycles. The lowest BCUT2D eigenvalue weighted by atomic mass is 10.1. The lowest BCUT2D eigenvalue weighted by Crippen LogP contribution is -2.36. The number of carbonyl (C=O) groups excluding carboxylic acids is 1. The number of nitrogens with zero attached hydrogens (tertiary/aromatic N) is 2. The predicted octanol–water partition coefficient (Wildman–Crippen LogP) is 3.12. The Labute approximate surface area is 134 Å². The van der Waals surface area contributed by atoms with Crippen LogP contribution < -0.4 is 10.2 Å². The smallest absolute Gasteiger partial charge is 0.227 e. The van der Waals surface area contributed by atoms with E-state index in [1.807, 2.05) is 32.0 Å². The molecule has 1 aromatic heterocycles. The Morgan fingerprint density at radius 3 is 2.95 bits per heavy atom. The summed E-state index contributed by atoms with van der Waals surface area (Å²) in [7, 11) is 0. The van der Waals surface area contributed by atoms with Crippen molar-refractivity contribution in [2.45, 2.75) is 20.3 Å². The summed E-state index contributed by atoms with van der Waals surface area (Å²) in [5.74, 6) is 0.0980. The summed E-state index contributed by atoms with van der Waals surface area (Å²) < 4.78 is 6.48. The van der Waals surface area contributed by atoms with E-state index in [1.165, 1.54) is 0 Å². The van der Waals surface area contributed by atoms with Crippen LogP contribution in [0.15, 0.2) is 18.2 Å². The fourth-order valence-electron chi connectivity index (χ4n) is 2.33. The maximum atomic E-state index is 12.0. The SMILES string of the molecule is CCC(C)C(=O)Nc1ccc2nc(N3CCOCC3)sc2c1. The van der Waals surface area contributed by atoms with Crippen LogP contribution in [0.3, 0.4) is 0 Å². The van der Waals surface area contributed by atoms with E-state index < -0.39 is 0 Å². The van der Waals surface area contributed by atoms with E-state index in [-0.39, 0.29) is 11.8 Å². The van der Waals surface area contributed by atoms with Gasteiger partial charge in [0.1, 0.15) is 0 Å². The standard InChI is InChI=1S/C16H21N3O2S/c1-3-11(2)15(20)17-12-4-5-13-14(10-12)22-16(18-13)19-6-8-21-9-7-19/h4-5,10-11H,3,6-9H2,1-2H3,(H,17,20). The lowest BCUT2D eigenvalue weighted by molar-refractivity contribution is -0.119. The summed E-state index contributed by atoms with van der Waals surface area (Å²) in [6.45, 7) is 7.25. The molecule has 5 nitrogen and oxygen atoms in total. The second-order valence-electron chi connectivity index (χ2n) is 5.58. The molecule has 118 valence electrons. The number of benzene rings is 1. The van der Waals surface area contributed by atoms with Crippen LogP contribution in [-0.2, 0) is 9.53 Å². The minimum Gasteiger partial charge on any atom is -0.378 e. The van der Waals surface area contributed by atoms with Crippen LogP contribution in [0.25, 0.3) is 10.2 Å². The van der Waals surface area contributed by atoms with Crippen molar-refractivity contribution in [3.63, 3.8) is 0 Å². The first-order valence-corrected chi connectivity index (χ1v) is 8.53. The van der Waals surface area contributed by atoms with E-state index in [2.05, 4.69) is 15.2 Å². The van der Waals surface area contributed by atoms with Gasteiger partial charge in [-0.15, -0.1) is 0 Å². The third kappa shape index (κ3) is 3.23. The third-order valence-corrected chi connectivity index (χ3v) is 5.07. The Balaban J connectivity index is 1.79. The highest BCUT2D eigenvalue weighted by Crippen LogP contribution is 2.31. The van der Waals surface area contributed by atoms with Crippen molar-refractivity contribution in [3.8, 4) is 0 Å². The zero-order valence-electron chi connectivity index (χ0n) is 13.0. The third-order valence-electron chi connectivity index (χ3n) is 3.99. The maximum absolute atomic E-state index is 12.0. The van der Waals surface area contributed by atoms with Gasteiger partial charge in [0.25, 0.3) is 0 Å². The number of hydrogen-bond acceptors (Lipinski definition) is 5. The van der Waals surface area contributed by atoms with Crippen molar-refractivity contribution in [3.05, 3.63) is 18.2 Å². The van der Waals surface area contributed by atoms with Gasteiger partial charge in [-0.05, 0) is 24.6 Å². The van der Waals surface area contributed by atoms with Gasteiger partial charge in [0.05, 0.1) is 23.4 Å². The number of rotatable bonds is 4. The number of anilines is 2. The second kappa shape index (κ2) is 6.62. The summed E-state index contributed by atoms with van der Waals surface area (Å²) >= 11 is 1.67. The zero-order chi connectivity index (χ0) is 15.5. The minimum atomic E-state index is 0.0288. The predicted molar refractivity (Wildman–Crippen MR) is 90.7 cm³/mol. The average molecular weight is 319 g/mol. The normalized spacial score (nSPS) is 16.7. The Morgan fingerprint density at radius 1 is 1.45 bits per heavy atom. The quantitative estimate of drug-likeness (QED) is 0.941. The van der Waals surface area contributed by atoms with E-state index in [0.717, 1.165) is 53.8 Å². The molecule has 1 aromatic carbocycles. The Bertz CT molecular complexity index is 664. The number of amides is 1. The number of ether oxygens (including phenoxy) is 1. The average Bonchev–Trinajstić information content (AvgIpc) is 2.98. The Kier molecular flexibility index (Phi) is 4.59. The highest BCUT2D eigenvalue weighted by Gasteiger charge is 2.16. The van der Waals surface area contributed by atoms with Gasteiger partial charge in [-0.3, -0.25) is 4.79 Å². The lowest BCUT2D eigenvalue weighted by Gasteiger charge is -2.25. The van der Waals surface area contributed by atoms with E-state index in [9.17, 15) is 4.79 Å². The molecule has 2 heterocycles. The molecule has 3 rings (SSSR count). The molecule has 1 aliphatic rings. The Morgan fingerprint density at radius 2 is 2.23 bits per heavy atom. The van der Waals surface area contributed by atoms with Gasteiger partial charge in [-0.25, -0.2) is 4.98 Å². The van der Waals surface area contributed by atoms with E-state index in [0.29, 0.717) is 0 Å². The van der Waals surface area contributed by atoms with Gasteiger partial charge in [-0.1, -0.05) is 25.2 Å². The fourth-order valence-corrected chi connectivity index (χ4v) is 3.39. The number of hydrogen-bond donors (Lipinski definition) is 1. The van der Waals surface area contributed by atoms with Gasteiger partial charge in [-0.2, -0.15) is 0 Å². The van der Waals surface area contributed by atoms with Crippen molar-refractivity contribution in [2.75, 3.05) is 36.5 Å². The summed E-state index contributed by atoms with van der Waals surface area (Å²) in [4.78, 5) is 18.9. The zero-order valence-corrected chi connectivity index (χ0v) is 13.8. The van der Waals surface area contributed by atoms with Crippen LogP contribution in [0.5, 0.6) is 0 Å². The molecule has 1 atom stereocenters. The molecule has 1 unspecified atom stereocenters. The first-order valence-electron chi connectivity index (χ1n) is 7.71. The molecule has 1 aliphatic heterocycles. The summed E-state index contributed by atoms with van der Waals surface area (Å²) in [6.07, 6.45) is 0.843. The van der Waals surface area contributed by atoms with Gasteiger partial charge in [0, 0.05) is 24.7 Å². The van der Waals surface area contributed by atoms with Crippen molar-refractivity contribution in [2.24, 2.45) is 5.92 Å². The molecular formula is C16H21N3O2S. The maximum Gasteiger partial charge on any atom is 0.227 e. The molecule has 2 aromatic rings. The van der Waals surface area contributed by atoms with Crippen LogP contribution in [0, 0.1) is 5.92 Å². The minimum absolute atomic E-state index is 0.0288. The largest absolute Gasteiger partial charge is 0.378 e. The monoisotopic (exact) mass is 319 g/mol. The fraction of sp³-hybridized carbons (Fsp3) is 0.500. The molecule has 0 radical (unpaired) electrons. The number of morpholine rings is 1. The molecule has 0 aliphatic carbocycles. The molecule has 1 fully saturated rings. The molecule has 1 N–H and O–H groups in total. The van der Waals surface area contributed by atoms with Crippen molar-refractivity contribution >= 4 is 38.3 Å². The molecule has 22 heavy (non-hydrogen) atoms. The molecule has 1 amide bonds. The van der Waals surface area contributed by atoms with E-state index in [1.54, 1.807) is 11.3 Å². The van der Waals surface area contributed by atoms with E-state index in [4.69, 9.17) is 4.74 Å². The highest BCUT2D eigenvalue weighted by molar-refractivity contribution is 7.22. The van der Waals surface area contributed by atoms with E-state index >= 15 is 0 Å². The van der Waals surface area contributed by atoms with Crippen LogP contribution in [-0.4, -0.2) is 37.2 Å². The number of thiazole rings is 1. The Hall–Kier alpha value is -1.66. The van der Waals surface area contributed by atoms with Gasteiger partial charge in [0.2, 0.25) is 5.91 Å². The number of carbonyl (C=O) groups is 1. The van der Waals surface area contributed by atoms with Crippen molar-refractivity contribution in [1.82, 2.24) is 4.98 Å². The molecular weight excluding hydrogens is 298 g/mol. The first-order chi connectivity index (χ1) is 10.7. The molecule has 1 saturated heterocycles. The van der Waals surface area contributed by atoms with Crippen LogP contribution in [0.2, 0.25) is 0 Å². The number of nitrogens with one attached hydrogen (secondary N) is 1. The topological polar surface area (TPSA) is 54.5 Å². The molecule has 0 spiro atoms. The number of fused-ring (bicyclic) bond motifs is 1. The first kappa shape index (κ1) is 15.2. The summed E-state index contributed by atoms with van der Waals surface area (Å²) in [6, 6.07) is 5.91. The second-order valence-corrected chi connectivity index (χ2v) is 6.59. The molecule has 0 bridgehead atoms. The van der Waals surface area contributed by atoms with Gasteiger partial charge in [0.15, 0.2) is 5.13 Å².